The first-order valence-electron chi connectivity index (χ1n) is 12.1. The van der Waals surface area contributed by atoms with Crippen molar-refractivity contribution in [3.05, 3.63) is 23.8 Å². The summed E-state index contributed by atoms with van der Waals surface area (Å²) in [5, 5.41) is 2.99. The zero-order valence-corrected chi connectivity index (χ0v) is 22.3. The van der Waals surface area contributed by atoms with Gasteiger partial charge >= 0.3 is 24.1 Å². The summed E-state index contributed by atoms with van der Waals surface area (Å²) >= 11 is 0. The van der Waals surface area contributed by atoms with Crippen molar-refractivity contribution < 1.29 is 42.9 Å². The minimum Gasteiger partial charge on any atom is -0.468 e. The molecule has 0 aromatic heterocycles. The highest BCUT2D eigenvalue weighted by Crippen LogP contribution is 2.30. The van der Waals surface area contributed by atoms with Gasteiger partial charge in [-0.2, -0.15) is 0 Å². The van der Waals surface area contributed by atoms with E-state index in [9.17, 15) is 19.2 Å². The van der Waals surface area contributed by atoms with Crippen LogP contribution >= 0.6 is 0 Å². The molecule has 0 heterocycles. The highest BCUT2D eigenvalue weighted by atomic mass is 16.7. The second-order valence-electron chi connectivity index (χ2n) is 9.09. The molecule has 1 rings (SSSR count). The van der Waals surface area contributed by atoms with E-state index >= 15 is 0 Å². The fourth-order valence-electron chi connectivity index (χ4n) is 2.65. The first-order chi connectivity index (χ1) is 17.0. The molecule has 1 aromatic carbocycles. The van der Waals surface area contributed by atoms with E-state index in [1.807, 2.05) is 13.8 Å². The lowest BCUT2D eigenvalue weighted by molar-refractivity contribution is -0.143. The van der Waals surface area contributed by atoms with Crippen molar-refractivity contribution in [2.45, 2.75) is 60.4 Å². The maximum absolute atomic E-state index is 12.3. The average Bonchev–Trinajstić information content (AvgIpc) is 2.84. The molecule has 0 aliphatic carbocycles. The van der Waals surface area contributed by atoms with Gasteiger partial charge < -0.3 is 29.0 Å². The van der Waals surface area contributed by atoms with E-state index in [4.69, 9.17) is 23.7 Å². The van der Waals surface area contributed by atoms with Crippen molar-refractivity contribution in [3.63, 3.8) is 0 Å². The summed E-state index contributed by atoms with van der Waals surface area (Å²) in [6.07, 6.45) is 0.292. The summed E-state index contributed by atoms with van der Waals surface area (Å²) in [5.74, 6) is -1.83. The summed E-state index contributed by atoms with van der Waals surface area (Å²) in [6, 6.07) is 3.95. The standard InChI is InChI=1S/C26H39NO9/c1-8-18(6)15-34-26(31)33-12-11-27-20(25(30)32-7)13-19-9-10-21(35-23(28)16(2)3)22(14-19)36-24(29)17(4)5/h9-10,14,16-18,20,27H,8,11-13,15H2,1-7H3/t18?,20-/m0/s1. The Balaban J connectivity index is 2.88. The molecular formula is C26H39NO9. The minimum absolute atomic E-state index is 0.00578. The van der Waals surface area contributed by atoms with Gasteiger partial charge in [-0.25, -0.2) is 4.79 Å². The van der Waals surface area contributed by atoms with E-state index in [1.165, 1.54) is 13.2 Å². The Morgan fingerprint density at radius 2 is 1.47 bits per heavy atom. The Labute approximate surface area is 212 Å². The Morgan fingerprint density at radius 3 is 2.03 bits per heavy atom. The number of rotatable bonds is 14. The second kappa shape index (κ2) is 15.8. The van der Waals surface area contributed by atoms with E-state index in [-0.39, 0.29) is 49.5 Å². The van der Waals surface area contributed by atoms with Crippen LogP contribution in [0.2, 0.25) is 0 Å². The second-order valence-corrected chi connectivity index (χ2v) is 9.09. The SMILES string of the molecule is CCC(C)COC(=O)OCCN[C@@H](Cc1ccc(OC(=O)C(C)C)c(OC(=O)C(C)C)c1)C(=O)OC. The molecule has 1 aromatic rings. The van der Waals surface area contributed by atoms with Gasteiger partial charge in [0.15, 0.2) is 11.5 Å². The van der Waals surface area contributed by atoms with Crippen LogP contribution < -0.4 is 14.8 Å². The summed E-state index contributed by atoms with van der Waals surface area (Å²) < 4.78 is 25.8. The number of hydrogen-bond donors (Lipinski definition) is 1. The Morgan fingerprint density at radius 1 is 0.861 bits per heavy atom. The third kappa shape index (κ3) is 11.1. The topological polar surface area (TPSA) is 126 Å². The molecule has 1 N–H and O–H groups in total. The fraction of sp³-hybridized carbons (Fsp3) is 0.615. The van der Waals surface area contributed by atoms with Gasteiger partial charge in [0.25, 0.3) is 0 Å². The molecular weight excluding hydrogens is 470 g/mol. The summed E-state index contributed by atoms with van der Waals surface area (Å²) in [5.41, 5.74) is 0.627. The molecule has 0 saturated heterocycles. The maximum atomic E-state index is 12.3. The Kier molecular flexibility index (Phi) is 13.5. The monoisotopic (exact) mass is 509 g/mol. The Hall–Kier alpha value is -3.14. The van der Waals surface area contributed by atoms with Gasteiger partial charge in [-0.3, -0.25) is 14.4 Å². The molecule has 2 atom stereocenters. The van der Waals surface area contributed by atoms with Crippen molar-refractivity contribution in [3.8, 4) is 11.5 Å². The van der Waals surface area contributed by atoms with E-state index in [0.717, 1.165) is 6.42 Å². The smallest absolute Gasteiger partial charge is 0.468 e. The van der Waals surface area contributed by atoms with Crippen molar-refractivity contribution in [1.29, 1.82) is 0 Å². The van der Waals surface area contributed by atoms with Crippen LogP contribution in [0.4, 0.5) is 4.79 Å². The molecule has 0 fully saturated rings. The first kappa shape index (κ1) is 30.9. The number of carbonyl (C=O) groups excluding carboxylic acids is 4. The summed E-state index contributed by atoms with van der Waals surface area (Å²) in [7, 11) is 1.27. The maximum Gasteiger partial charge on any atom is 0.508 e. The van der Waals surface area contributed by atoms with Crippen LogP contribution in [-0.4, -0.2) is 57.0 Å². The van der Waals surface area contributed by atoms with Crippen molar-refractivity contribution in [1.82, 2.24) is 5.32 Å². The first-order valence-corrected chi connectivity index (χ1v) is 12.1. The third-order valence-electron chi connectivity index (χ3n) is 5.19. The van der Waals surface area contributed by atoms with Gasteiger partial charge in [-0.1, -0.05) is 54.0 Å². The molecule has 0 aliphatic heterocycles. The largest absolute Gasteiger partial charge is 0.508 e. The highest BCUT2D eigenvalue weighted by molar-refractivity contribution is 5.78. The van der Waals surface area contributed by atoms with E-state index < -0.39 is 36.0 Å². The molecule has 0 bridgehead atoms. The molecule has 0 spiro atoms. The van der Waals surface area contributed by atoms with Gasteiger partial charge in [0.1, 0.15) is 12.6 Å². The van der Waals surface area contributed by atoms with Crippen LogP contribution in [0.5, 0.6) is 11.5 Å². The lowest BCUT2D eigenvalue weighted by Crippen LogP contribution is -2.41. The fourth-order valence-corrected chi connectivity index (χ4v) is 2.65. The zero-order chi connectivity index (χ0) is 27.3. The molecule has 0 amide bonds. The van der Waals surface area contributed by atoms with Crippen LogP contribution in [0.3, 0.4) is 0 Å². The van der Waals surface area contributed by atoms with Gasteiger partial charge in [0.05, 0.1) is 25.6 Å². The predicted molar refractivity (Wildman–Crippen MR) is 132 cm³/mol. The Bertz CT molecular complexity index is 882. The number of esters is 3. The predicted octanol–water partition coefficient (Wildman–Crippen LogP) is 3.68. The minimum atomic E-state index is -0.771. The van der Waals surface area contributed by atoms with Gasteiger partial charge in [-0.05, 0) is 30.0 Å². The molecule has 0 saturated carbocycles. The van der Waals surface area contributed by atoms with Gasteiger partial charge in [0, 0.05) is 6.54 Å². The lowest BCUT2D eigenvalue weighted by atomic mass is 10.0. The van der Waals surface area contributed by atoms with Gasteiger partial charge in [-0.15, -0.1) is 0 Å². The number of methoxy groups -OCH3 is 1. The van der Waals surface area contributed by atoms with Crippen LogP contribution in [0.1, 0.15) is 53.5 Å². The zero-order valence-electron chi connectivity index (χ0n) is 22.3. The van der Waals surface area contributed by atoms with Crippen molar-refractivity contribution in [2.75, 3.05) is 26.9 Å². The third-order valence-corrected chi connectivity index (χ3v) is 5.19. The highest BCUT2D eigenvalue weighted by Gasteiger charge is 2.22. The number of hydrogen-bond acceptors (Lipinski definition) is 10. The van der Waals surface area contributed by atoms with Gasteiger partial charge in [0.2, 0.25) is 0 Å². The molecule has 10 nitrogen and oxygen atoms in total. The van der Waals surface area contributed by atoms with Crippen LogP contribution in [0.15, 0.2) is 18.2 Å². The van der Waals surface area contributed by atoms with Crippen LogP contribution in [-0.2, 0) is 35.0 Å². The van der Waals surface area contributed by atoms with E-state index in [1.54, 1.807) is 39.8 Å². The van der Waals surface area contributed by atoms with E-state index in [2.05, 4.69) is 5.32 Å². The molecule has 10 heteroatoms. The van der Waals surface area contributed by atoms with Crippen molar-refractivity contribution in [2.24, 2.45) is 17.8 Å². The molecule has 36 heavy (non-hydrogen) atoms. The number of benzene rings is 1. The van der Waals surface area contributed by atoms with Crippen molar-refractivity contribution >= 4 is 24.1 Å². The molecule has 1 unspecified atom stereocenters. The summed E-state index contributed by atoms with van der Waals surface area (Å²) in [6.45, 7) is 11.2. The quantitative estimate of drug-likeness (QED) is 0.225. The lowest BCUT2D eigenvalue weighted by Gasteiger charge is -2.18. The number of carbonyl (C=O) groups is 4. The van der Waals surface area contributed by atoms with Crippen LogP contribution in [0, 0.1) is 17.8 Å². The summed E-state index contributed by atoms with van der Waals surface area (Å²) in [4.78, 5) is 48.3. The molecule has 0 radical (unpaired) electrons. The number of ether oxygens (including phenoxy) is 5. The molecule has 202 valence electrons. The average molecular weight is 510 g/mol. The van der Waals surface area contributed by atoms with E-state index in [0.29, 0.717) is 5.56 Å². The normalized spacial score (nSPS) is 12.6. The van der Waals surface area contributed by atoms with Crippen LogP contribution in [0.25, 0.3) is 0 Å². The molecule has 0 aliphatic rings. The number of nitrogens with one attached hydrogen (secondary N) is 1.